The van der Waals surface area contributed by atoms with Gasteiger partial charge in [-0.3, -0.25) is 4.79 Å². The van der Waals surface area contributed by atoms with E-state index >= 15 is 0 Å². The fraction of sp³-hybridized carbons (Fsp3) is 0.111. The number of anilines is 1. The molecule has 3 N–H and O–H groups in total. The molecular formula is C18H17FN6O2S. The molecule has 144 valence electrons. The summed E-state index contributed by atoms with van der Waals surface area (Å²) in [6, 6.07) is 12.7. The van der Waals surface area contributed by atoms with E-state index in [1.807, 2.05) is 0 Å². The van der Waals surface area contributed by atoms with E-state index in [1.165, 1.54) is 23.0 Å². The summed E-state index contributed by atoms with van der Waals surface area (Å²) in [5.74, 6) is 6.48. The van der Waals surface area contributed by atoms with Gasteiger partial charge in [0, 0.05) is 5.56 Å². The highest BCUT2D eigenvalue weighted by molar-refractivity contribution is 7.99. The van der Waals surface area contributed by atoms with Gasteiger partial charge in [0.25, 0.3) is 5.95 Å². The smallest absolute Gasteiger partial charge is 0.264 e. The Kier molecular flexibility index (Phi) is 6.22. The van der Waals surface area contributed by atoms with Gasteiger partial charge in [-0.1, -0.05) is 36.0 Å². The summed E-state index contributed by atoms with van der Waals surface area (Å²) in [6.45, 7) is 0. The molecule has 8 nitrogen and oxygen atoms in total. The zero-order valence-electron chi connectivity index (χ0n) is 14.9. The summed E-state index contributed by atoms with van der Waals surface area (Å²) in [5.41, 5.74) is 3.90. The highest BCUT2D eigenvalue weighted by Gasteiger charge is 2.13. The van der Waals surface area contributed by atoms with Crippen molar-refractivity contribution in [1.82, 2.24) is 14.9 Å². The molecule has 28 heavy (non-hydrogen) atoms. The third-order valence-electron chi connectivity index (χ3n) is 3.64. The maximum Gasteiger partial charge on any atom is 0.264 e. The molecule has 0 radical (unpaired) electrons. The molecule has 0 aliphatic heterocycles. The van der Waals surface area contributed by atoms with Crippen LogP contribution in [0.2, 0.25) is 0 Å². The Hall–Kier alpha value is -3.40. The van der Waals surface area contributed by atoms with Gasteiger partial charge < -0.3 is 10.6 Å². The summed E-state index contributed by atoms with van der Waals surface area (Å²) in [7, 11) is 1.54. The second-order valence-corrected chi connectivity index (χ2v) is 6.48. The molecule has 10 heteroatoms. The zero-order valence-corrected chi connectivity index (χ0v) is 15.7. The van der Waals surface area contributed by atoms with Crippen LogP contribution in [0.3, 0.4) is 0 Å². The lowest BCUT2D eigenvalue weighted by atomic mass is 10.1. The average Bonchev–Trinajstić information content (AvgIpc) is 3.07. The van der Waals surface area contributed by atoms with Crippen LogP contribution >= 0.6 is 11.8 Å². The van der Waals surface area contributed by atoms with E-state index in [0.717, 1.165) is 11.8 Å². The Bertz CT molecular complexity index is 990. The van der Waals surface area contributed by atoms with Crippen molar-refractivity contribution in [2.24, 2.45) is 5.10 Å². The van der Waals surface area contributed by atoms with E-state index in [2.05, 4.69) is 20.7 Å². The third-order valence-corrected chi connectivity index (χ3v) is 4.58. The van der Waals surface area contributed by atoms with Gasteiger partial charge in [0.2, 0.25) is 5.16 Å². The first kappa shape index (κ1) is 19.4. The number of hydrogen-bond acceptors (Lipinski definition) is 8. The van der Waals surface area contributed by atoms with Crippen LogP contribution in [0.5, 0.6) is 5.75 Å². The van der Waals surface area contributed by atoms with E-state index in [1.54, 1.807) is 43.5 Å². The van der Waals surface area contributed by atoms with Crippen LogP contribution in [0.4, 0.5) is 10.3 Å². The molecule has 0 saturated heterocycles. The van der Waals surface area contributed by atoms with Crippen LogP contribution in [-0.2, 0) is 0 Å². The molecule has 1 heterocycles. The molecule has 1 aromatic heterocycles. The van der Waals surface area contributed by atoms with Crippen molar-refractivity contribution in [3.05, 3.63) is 65.5 Å². The SMILES string of the molecule is COc1cccc(C(=O)CSc2nnc(N/N=C/c3ccc(F)cc3)n2N)c1. The number of nitrogen functional groups attached to an aromatic ring is 1. The fourth-order valence-corrected chi connectivity index (χ4v) is 2.93. The Morgan fingerprint density at radius 2 is 2.11 bits per heavy atom. The number of nitrogens with one attached hydrogen (secondary N) is 1. The van der Waals surface area contributed by atoms with Crippen LogP contribution in [0.1, 0.15) is 15.9 Å². The quantitative estimate of drug-likeness (QED) is 0.197. The zero-order chi connectivity index (χ0) is 19.9. The molecule has 0 unspecified atom stereocenters. The molecule has 3 aromatic rings. The maximum absolute atomic E-state index is 12.9. The molecule has 0 saturated carbocycles. The number of methoxy groups -OCH3 is 1. The number of hydrogen-bond donors (Lipinski definition) is 2. The number of ketones is 1. The molecule has 3 rings (SSSR count). The lowest BCUT2D eigenvalue weighted by Crippen LogP contribution is -2.14. The van der Waals surface area contributed by atoms with Crippen LogP contribution < -0.4 is 16.0 Å². The van der Waals surface area contributed by atoms with Crippen molar-refractivity contribution in [3.8, 4) is 5.75 Å². The topological polar surface area (TPSA) is 107 Å². The largest absolute Gasteiger partial charge is 0.497 e. The molecule has 0 aliphatic carbocycles. The number of carbonyl (C=O) groups excluding carboxylic acids is 1. The number of nitrogens with two attached hydrogens (primary N) is 1. The van der Waals surface area contributed by atoms with Crippen molar-refractivity contribution in [2.45, 2.75) is 5.16 Å². The molecule has 0 atom stereocenters. The Morgan fingerprint density at radius 3 is 2.86 bits per heavy atom. The molecule has 0 fully saturated rings. The van der Waals surface area contributed by atoms with Crippen LogP contribution in [-0.4, -0.2) is 39.7 Å². The summed E-state index contributed by atoms with van der Waals surface area (Å²) in [5, 5.41) is 12.2. The van der Waals surface area contributed by atoms with E-state index in [9.17, 15) is 9.18 Å². The molecule has 0 aliphatic rings. The monoisotopic (exact) mass is 400 g/mol. The fourth-order valence-electron chi connectivity index (χ4n) is 2.18. The molecule has 0 spiro atoms. The van der Waals surface area contributed by atoms with Gasteiger partial charge in [0.1, 0.15) is 11.6 Å². The number of nitrogens with zero attached hydrogens (tertiary/aromatic N) is 4. The summed E-state index contributed by atoms with van der Waals surface area (Å²) < 4.78 is 19.2. The first-order valence-electron chi connectivity index (χ1n) is 8.12. The minimum atomic E-state index is -0.322. The van der Waals surface area contributed by atoms with Crippen molar-refractivity contribution >= 4 is 29.7 Å². The van der Waals surface area contributed by atoms with E-state index in [0.29, 0.717) is 22.0 Å². The lowest BCUT2D eigenvalue weighted by Gasteiger charge is -2.04. The highest BCUT2D eigenvalue weighted by atomic mass is 32.2. The van der Waals surface area contributed by atoms with Crippen LogP contribution in [0.25, 0.3) is 0 Å². The number of aromatic nitrogens is 3. The van der Waals surface area contributed by atoms with Crippen LogP contribution in [0.15, 0.2) is 58.8 Å². The number of carbonyl (C=O) groups is 1. The second kappa shape index (κ2) is 9.00. The standard InChI is InChI=1S/C18H17FN6O2S/c1-27-15-4-2-3-13(9-15)16(26)11-28-18-24-23-17(25(18)20)22-21-10-12-5-7-14(19)8-6-12/h2-10H,11,20H2,1H3,(H,22,23)/b21-10+. The van der Waals surface area contributed by atoms with Gasteiger partial charge >= 0.3 is 0 Å². The van der Waals surface area contributed by atoms with Crippen molar-refractivity contribution in [1.29, 1.82) is 0 Å². The molecule has 0 bridgehead atoms. The van der Waals surface area contributed by atoms with Gasteiger partial charge in [-0.15, -0.1) is 10.2 Å². The first-order chi connectivity index (χ1) is 13.6. The summed E-state index contributed by atoms with van der Waals surface area (Å²) in [6.07, 6.45) is 1.49. The van der Waals surface area contributed by atoms with Crippen molar-refractivity contribution in [3.63, 3.8) is 0 Å². The number of halogens is 1. The number of thioether (sulfide) groups is 1. The highest BCUT2D eigenvalue weighted by Crippen LogP contribution is 2.20. The Labute approximate surface area is 164 Å². The van der Waals surface area contributed by atoms with Crippen molar-refractivity contribution < 1.29 is 13.9 Å². The van der Waals surface area contributed by atoms with Gasteiger partial charge in [0.15, 0.2) is 5.78 Å². The minimum Gasteiger partial charge on any atom is -0.497 e. The van der Waals surface area contributed by atoms with Gasteiger partial charge in [0.05, 0.1) is 19.1 Å². The normalized spacial score (nSPS) is 10.9. The molecule has 0 amide bonds. The number of rotatable bonds is 8. The van der Waals surface area contributed by atoms with Crippen LogP contribution in [0, 0.1) is 5.82 Å². The maximum atomic E-state index is 12.9. The Balaban J connectivity index is 1.58. The lowest BCUT2D eigenvalue weighted by molar-refractivity contribution is 0.102. The average molecular weight is 400 g/mol. The number of benzene rings is 2. The molecule has 2 aromatic carbocycles. The summed E-state index contributed by atoms with van der Waals surface area (Å²) >= 11 is 1.16. The number of Topliss-reactive ketones (excluding diaryl/α,β-unsaturated/α-hetero) is 1. The van der Waals surface area contributed by atoms with E-state index < -0.39 is 0 Å². The second-order valence-electron chi connectivity index (χ2n) is 5.54. The molecular weight excluding hydrogens is 383 g/mol. The third kappa shape index (κ3) is 4.86. The minimum absolute atomic E-state index is 0.0873. The predicted molar refractivity (Wildman–Crippen MR) is 106 cm³/mol. The van der Waals surface area contributed by atoms with Gasteiger partial charge in [-0.05, 0) is 29.8 Å². The van der Waals surface area contributed by atoms with E-state index in [-0.39, 0.29) is 23.3 Å². The first-order valence-corrected chi connectivity index (χ1v) is 9.10. The Morgan fingerprint density at radius 1 is 1.32 bits per heavy atom. The van der Waals surface area contributed by atoms with Gasteiger partial charge in [-0.2, -0.15) is 5.10 Å². The summed E-state index contributed by atoms with van der Waals surface area (Å²) in [4.78, 5) is 12.3. The van der Waals surface area contributed by atoms with E-state index in [4.69, 9.17) is 10.6 Å². The predicted octanol–water partition coefficient (Wildman–Crippen LogP) is 2.56. The number of hydrazone groups is 1. The van der Waals surface area contributed by atoms with Crippen molar-refractivity contribution in [2.75, 3.05) is 24.1 Å². The van der Waals surface area contributed by atoms with Gasteiger partial charge in [-0.25, -0.2) is 14.5 Å². The number of ether oxygens (including phenoxy) is 1.